The van der Waals surface area contributed by atoms with Crippen LogP contribution in [0.4, 0.5) is 13.2 Å². The Morgan fingerprint density at radius 2 is 2.03 bits per heavy atom. The number of pyridine rings is 1. The zero-order chi connectivity index (χ0) is 25.0. The summed E-state index contributed by atoms with van der Waals surface area (Å²) < 4.78 is 47.2. The van der Waals surface area contributed by atoms with Crippen molar-refractivity contribution in [3.05, 3.63) is 64.4 Å². The van der Waals surface area contributed by atoms with E-state index < -0.39 is 19.1 Å². The van der Waals surface area contributed by atoms with Gasteiger partial charge in [-0.1, -0.05) is 24.3 Å². The van der Waals surface area contributed by atoms with Gasteiger partial charge in [0, 0.05) is 24.3 Å². The number of hydrogen-bond donors (Lipinski definition) is 2. The topological polar surface area (TPSA) is 57.6 Å². The number of halogens is 3. The predicted molar refractivity (Wildman–Crippen MR) is 131 cm³/mol. The molecule has 35 heavy (non-hydrogen) atoms. The molecule has 0 unspecified atom stereocenters. The van der Waals surface area contributed by atoms with Crippen LogP contribution in [0.25, 0.3) is 5.57 Å². The predicted octanol–water partition coefficient (Wildman–Crippen LogP) is 4.49. The van der Waals surface area contributed by atoms with E-state index in [2.05, 4.69) is 22.4 Å². The van der Waals surface area contributed by atoms with Crippen LogP contribution in [0.3, 0.4) is 0 Å². The Morgan fingerprint density at radius 1 is 1.23 bits per heavy atom. The molecule has 0 saturated carbocycles. The molecule has 2 aromatic rings. The van der Waals surface area contributed by atoms with Crippen LogP contribution in [0, 0.1) is 6.92 Å². The number of fused-ring (bicyclic) bond motifs is 2. The molecule has 0 saturated heterocycles. The number of aromatic nitrogens is 1. The minimum Gasteiger partial charge on any atom is -0.476 e. The third kappa shape index (κ3) is 5.55. The highest BCUT2D eigenvalue weighted by atomic mass is 19.3. The van der Waals surface area contributed by atoms with E-state index in [1.165, 1.54) is 16.7 Å². The number of aliphatic hydroxyl groups is 1. The Hall–Kier alpha value is -2.42. The van der Waals surface area contributed by atoms with E-state index in [-0.39, 0.29) is 18.8 Å². The fourth-order valence-corrected chi connectivity index (χ4v) is 5.26. The zero-order valence-corrected chi connectivity index (χ0v) is 20.4. The molecule has 190 valence electrons. The Kier molecular flexibility index (Phi) is 8.14. The third-order valence-electron chi connectivity index (χ3n) is 6.98. The molecule has 1 aromatic heterocycles. The third-order valence-corrected chi connectivity index (χ3v) is 6.98. The van der Waals surface area contributed by atoms with Gasteiger partial charge in [-0.2, -0.15) is 0 Å². The summed E-state index contributed by atoms with van der Waals surface area (Å²) in [5.41, 5.74) is 6.49. The van der Waals surface area contributed by atoms with E-state index in [1.54, 1.807) is 6.20 Å². The SMILES string of the molecule is Cc1c([C@@H]2C3=C(C[C@@H](C)N2CC(F)(F)CO)c2ccccc2C3)ccnc1OCCNCCCF. The normalized spacial score (nSPS) is 20.2. The number of benzene rings is 1. The molecule has 2 aliphatic rings. The molecule has 4 rings (SSSR count). The lowest BCUT2D eigenvalue weighted by Gasteiger charge is -2.44. The Bertz CT molecular complexity index is 1060. The lowest BCUT2D eigenvalue weighted by Crippen LogP contribution is -2.48. The highest BCUT2D eigenvalue weighted by molar-refractivity contribution is 5.79. The summed E-state index contributed by atoms with van der Waals surface area (Å²) in [4.78, 5) is 6.22. The number of rotatable bonds is 11. The Labute approximate surface area is 205 Å². The molecule has 2 heterocycles. The molecule has 5 nitrogen and oxygen atoms in total. The first kappa shape index (κ1) is 25.7. The first-order valence-electron chi connectivity index (χ1n) is 12.3. The lowest BCUT2D eigenvalue weighted by molar-refractivity contribution is -0.0858. The molecule has 0 spiro atoms. The van der Waals surface area contributed by atoms with Gasteiger partial charge in [-0.3, -0.25) is 9.29 Å². The number of hydrogen-bond acceptors (Lipinski definition) is 5. The second-order valence-electron chi connectivity index (χ2n) is 9.45. The summed E-state index contributed by atoms with van der Waals surface area (Å²) in [6.07, 6.45) is 3.52. The van der Waals surface area contributed by atoms with E-state index in [1.807, 2.05) is 36.9 Å². The van der Waals surface area contributed by atoms with Gasteiger partial charge in [0.1, 0.15) is 13.2 Å². The van der Waals surface area contributed by atoms with Gasteiger partial charge < -0.3 is 15.2 Å². The number of nitrogens with one attached hydrogen (secondary N) is 1. The Morgan fingerprint density at radius 3 is 2.80 bits per heavy atom. The van der Waals surface area contributed by atoms with Gasteiger partial charge in [0.15, 0.2) is 0 Å². The Balaban J connectivity index is 1.67. The van der Waals surface area contributed by atoms with Crippen LogP contribution in [-0.4, -0.2) is 66.5 Å². The van der Waals surface area contributed by atoms with E-state index in [0.29, 0.717) is 44.8 Å². The van der Waals surface area contributed by atoms with Crippen molar-refractivity contribution < 1.29 is 23.0 Å². The second-order valence-corrected chi connectivity index (χ2v) is 9.45. The highest BCUT2D eigenvalue weighted by Gasteiger charge is 2.43. The van der Waals surface area contributed by atoms with Crippen LogP contribution in [0.5, 0.6) is 5.88 Å². The summed E-state index contributed by atoms with van der Waals surface area (Å²) in [6, 6.07) is 9.63. The van der Waals surface area contributed by atoms with Crippen LogP contribution in [0.1, 0.15) is 48.1 Å². The number of ether oxygens (including phenoxy) is 1. The number of alkyl halides is 3. The maximum Gasteiger partial charge on any atom is 0.283 e. The second kappa shape index (κ2) is 11.1. The minimum atomic E-state index is -3.21. The number of aliphatic hydroxyl groups excluding tert-OH is 1. The van der Waals surface area contributed by atoms with Crippen molar-refractivity contribution in [1.82, 2.24) is 15.2 Å². The van der Waals surface area contributed by atoms with Crippen LogP contribution >= 0.6 is 0 Å². The van der Waals surface area contributed by atoms with Gasteiger partial charge in [0.2, 0.25) is 5.88 Å². The molecule has 2 atom stereocenters. The summed E-state index contributed by atoms with van der Waals surface area (Å²) in [7, 11) is 0. The average Bonchev–Trinajstić information content (AvgIpc) is 3.21. The van der Waals surface area contributed by atoms with Crippen molar-refractivity contribution in [2.75, 3.05) is 39.5 Å². The zero-order valence-electron chi connectivity index (χ0n) is 20.4. The average molecular weight is 490 g/mol. The van der Waals surface area contributed by atoms with Crippen molar-refractivity contribution in [2.45, 2.75) is 51.1 Å². The molecule has 0 radical (unpaired) electrons. The van der Waals surface area contributed by atoms with E-state index in [4.69, 9.17) is 4.74 Å². The summed E-state index contributed by atoms with van der Waals surface area (Å²) in [5.74, 6) is -2.73. The molecule has 8 heteroatoms. The maximum atomic E-state index is 14.5. The minimum absolute atomic E-state index is 0.140. The van der Waals surface area contributed by atoms with Crippen molar-refractivity contribution in [1.29, 1.82) is 0 Å². The van der Waals surface area contributed by atoms with Crippen LogP contribution in [-0.2, 0) is 6.42 Å². The molecule has 0 amide bonds. The first-order valence-corrected chi connectivity index (χ1v) is 12.3. The lowest BCUT2D eigenvalue weighted by atomic mass is 9.84. The maximum absolute atomic E-state index is 14.5. The van der Waals surface area contributed by atoms with Crippen LogP contribution in [0.15, 0.2) is 42.1 Å². The highest BCUT2D eigenvalue weighted by Crippen LogP contribution is 2.50. The molecular weight excluding hydrogens is 455 g/mol. The number of nitrogens with zero attached hydrogens (tertiary/aromatic N) is 2. The fraction of sp³-hybridized carbons (Fsp3) is 0.519. The molecule has 2 N–H and O–H groups in total. The largest absolute Gasteiger partial charge is 0.476 e. The van der Waals surface area contributed by atoms with E-state index in [0.717, 1.165) is 16.7 Å². The summed E-state index contributed by atoms with van der Waals surface area (Å²) >= 11 is 0. The smallest absolute Gasteiger partial charge is 0.283 e. The summed E-state index contributed by atoms with van der Waals surface area (Å²) in [6.45, 7) is 3.33. The van der Waals surface area contributed by atoms with Gasteiger partial charge in [0.05, 0.1) is 19.3 Å². The van der Waals surface area contributed by atoms with Gasteiger partial charge in [0.25, 0.3) is 5.92 Å². The van der Waals surface area contributed by atoms with E-state index >= 15 is 0 Å². The van der Waals surface area contributed by atoms with E-state index in [9.17, 15) is 18.3 Å². The van der Waals surface area contributed by atoms with Crippen molar-refractivity contribution in [3.63, 3.8) is 0 Å². The van der Waals surface area contributed by atoms with Gasteiger partial charge in [-0.15, -0.1) is 0 Å². The monoisotopic (exact) mass is 489 g/mol. The van der Waals surface area contributed by atoms with Gasteiger partial charge >= 0.3 is 0 Å². The molecule has 1 aliphatic heterocycles. The molecular formula is C27H34F3N3O2. The van der Waals surface area contributed by atoms with Gasteiger partial charge in [-0.05, 0) is 73.6 Å². The van der Waals surface area contributed by atoms with Crippen molar-refractivity contribution in [2.24, 2.45) is 0 Å². The molecule has 0 fully saturated rings. The first-order chi connectivity index (χ1) is 16.9. The molecule has 1 aliphatic carbocycles. The van der Waals surface area contributed by atoms with Gasteiger partial charge in [-0.25, -0.2) is 13.8 Å². The standard InChI is InChI=1S/C27H34F3N3O2/c1-18-14-23-22-7-4-3-6-20(22)15-24(23)25(33(18)16-27(29,30)17-34)21-8-11-32-26(19(21)2)35-13-12-31-10-5-9-28/h3-4,6-8,11,18,25,31,34H,5,9-10,12-17H2,1-2H3/t18-,25-/m1/s1. The quantitative estimate of drug-likeness (QED) is 0.456. The fourth-order valence-electron chi connectivity index (χ4n) is 5.26. The molecule has 0 bridgehead atoms. The molecule has 1 aromatic carbocycles. The van der Waals surface area contributed by atoms with Crippen LogP contribution in [0.2, 0.25) is 0 Å². The van der Waals surface area contributed by atoms with Crippen LogP contribution < -0.4 is 10.1 Å². The summed E-state index contributed by atoms with van der Waals surface area (Å²) in [5, 5.41) is 12.4. The van der Waals surface area contributed by atoms with Crippen molar-refractivity contribution in [3.8, 4) is 5.88 Å². The van der Waals surface area contributed by atoms with Crippen molar-refractivity contribution >= 4 is 5.57 Å².